The van der Waals surface area contributed by atoms with Crippen LogP contribution in [0.3, 0.4) is 0 Å². The van der Waals surface area contributed by atoms with Gasteiger partial charge in [0.15, 0.2) is 0 Å². The van der Waals surface area contributed by atoms with E-state index in [4.69, 9.17) is 16.4 Å². The third-order valence-electron chi connectivity index (χ3n) is 2.15. The Morgan fingerprint density at radius 1 is 1.22 bits per heavy atom. The van der Waals surface area contributed by atoms with E-state index in [9.17, 15) is 8.42 Å². The molecule has 7 nitrogen and oxygen atoms in total. The molecule has 8 heteroatoms. The molecule has 0 bridgehead atoms. The molecule has 0 radical (unpaired) electrons. The topological polar surface area (TPSA) is 123 Å². The zero-order chi connectivity index (χ0) is 13.6. The number of hydrazine groups is 1. The molecule has 0 heterocycles. The van der Waals surface area contributed by atoms with Crippen LogP contribution in [0.2, 0.25) is 0 Å². The summed E-state index contributed by atoms with van der Waals surface area (Å²) in [6.07, 6.45) is 0. The number of para-hydroxylation sites is 1. The fourth-order valence-corrected chi connectivity index (χ4v) is 2.72. The average molecular weight is 265 g/mol. The van der Waals surface area contributed by atoms with Crippen molar-refractivity contribution in [3.8, 4) is 12.1 Å². The Labute approximate surface area is 105 Å². The standard InChI is InChI=1S/C10H11N5O2S/c11-5-7-15(8-6-12)18(16,17)10-4-2-1-3-9(10)14-13/h1-4,14H,7-8,13H2. The highest BCUT2D eigenvalue weighted by Crippen LogP contribution is 2.23. The molecule has 0 spiro atoms. The lowest BCUT2D eigenvalue weighted by molar-refractivity contribution is 0.480. The van der Waals surface area contributed by atoms with E-state index in [0.717, 1.165) is 4.31 Å². The Kier molecular flexibility index (Phi) is 4.63. The predicted octanol–water partition coefficient (Wildman–Crippen LogP) is 0.0101. The zero-order valence-corrected chi connectivity index (χ0v) is 10.2. The Bertz CT molecular complexity index is 583. The van der Waals surface area contributed by atoms with E-state index in [1.54, 1.807) is 18.2 Å². The van der Waals surface area contributed by atoms with Gasteiger partial charge in [-0.3, -0.25) is 5.84 Å². The van der Waals surface area contributed by atoms with Gasteiger partial charge in [0.25, 0.3) is 0 Å². The lowest BCUT2D eigenvalue weighted by Crippen LogP contribution is -2.32. The second-order valence-corrected chi connectivity index (χ2v) is 5.14. The van der Waals surface area contributed by atoms with E-state index in [0.29, 0.717) is 0 Å². The van der Waals surface area contributed by atoms with Crippen LogP contribution in [0.4, 0.5) is 5.69 Å². The minimum absolute atomic E-state index is 0.0713. The summed E-state index contributed by atoms with van der Waals surface area (Å²) in [5.41, 5.74) is 2.48. The van der Waals surface area contributed by atoms with Gasteiger partial charge in [-0.15, -0.1) is 0 Å². The van der Waals surface area contributed by atoms with Crippen LogP contribution < -0.4 is 11.3 Å². The maximum absolute atomic E-state index is 12.2. The first-order valence-electron chi connectivity index (χ1n) is 4.87. The van der Waals surface area contributed by atoms with Crippen molar-refractivity contribution < 1.29 is 8.42 Å². The van der Waals surface area contributed by atoms with Gasteiger partial charge in [0, 0.05) is 0 Å². The molecule has 1 rings (SSSR count). The zero-order valence-electron chi connectivity index (χ0n) is 9.37. The molecule has 0 unspecified atom stereocenters. The SMILES string of the molecule is N#CCN(CC#N)S(=O)(=O)c1ccccc1NN. The first-order chi connectivity index (χ1) is 8.57. The van der Waals surface area contributed by atoms with Gasteiger partial charge in [0.2, 0.25) is 10.0 Å². The highest BCUT2D eigenvalue weighted by Gasteiger charge is 2.26. The van der Waals surface area contributed by atoms with Crippen molar-refractivity contribution >= 4 is 15.7 Å². The third-order valence-corrected chi connectivity index (χ3v) is 4.00. The molecule has 0 saturated carbocycles. The maximum Gasteiger partial charge on any atom is 0.247 e. The molecule has 1 aromatic rings. The molecule has 0 amide bonds. The van der Waals surface area contributed by atoms with Crippen molar-refractivity contribution in [1.29, 1.82) is 10.5 Å². The summed E-state index contributed by atoms with van der Waals surface area (Å²) >= 11 is 0. The van der Waals surface area contributed by atoms with E-state index in [-0.39, 0.29) is 10.6 Å². The summed E-state index contributed by atoms with van der Waals surface area (Å²) in [5.74, 6) is 5.23. The fraction of sp³-hybridized carbons (Fsp3) is 0.200. The van der Waals surface area contributed by atoms with E-state index in [2.05, 4.69) is 5.43 Å². The van der Waals surface area contributed by atoms with Gasteiger partial charge in [-0.2, -0.15) is 14.8 Å². The number of nitrogens with one attached hydrogen (secondary N) is 1. The quantitative estimate of drug-likeness (QED) is 0.439. The number of benzene rings is 1. The molecule has 0 aromatic heterocycles. The number of nitriles is 2. The average Bonchev–Trinajstić information content (AvgIpc) is 2.38. The molecule has 0 fully saturated rings. The van der Waals surface area contributed by atoms with Crippen LogP contribution in [0.1, 0.15) is 0 Å². The van der Waals surface area contributed by atoms with Gasteiger partial charge >= 0.3 is 0 Å². The second kappa shape index (κ2) is 5.98. The first kappa shape index (κ1) is 13.9. The summed E-state index contributed by atoms with van der Waals surface area (Å²) in [5, 5.41) is 17.2. The maximum atomic E-state index is 12.2. The van der Waals surface area contributed by atoms with Crippen LogP contribution in [-0.4, -0.2) is 25.8 Å². The van der Waals surface area contributed by atoms with Crippen molar-refractivity contribution in [3.63, 3.8) is 0 Å². The van der Waals surface area contributed by atoms with Crippen LogP contribution in [-0.2, 0) is 10.0 Å². The van der Waals surface area contributed by atoms with E-state index >= 15 is 0 Å². The van der Waals surface area contributed by atoms with Gasteiger partial charge in [0.05, 0.1) is 17.8 Å². The molecule has 0 aliphatic heterocycles. The van der Waals surface area contributed by atoms with Gasteiger partial charge in [0.1, 0.15) is 18.0 Å². The summed E-state index contributed by atoms with van der Waals surface area (Å²) in [6.45, 7) is -0.788. The Hall–Kier alpha value is -2.13. The van der Waals surface area contributed by atoms with Gasteiger partial charge in [-0.05, 0) is 12.1 Å². The van der Waals surface area contributed by atoms with Crippen molar-refractivity contribution in [3.05, 3.63) is 24.3 Å². The van der Waals surface area contributed by atoms with Crippen molar-refractivity contribution in [2.24, 2.45) is 5.84 Å². The van der Waals surface area contributed by atoms with Crippen LogP contribution in [0.25, 0.3) is 0 Å². The Balaban J connectivity index is 3.28. The highest BCUT2D eigenvalue weighted by atomic mass is 32.2. The van der Waals surface area contributed by atoms with Crippen LogP contribution >= 0.6 is 0 Å². The predicted molar refractivity (Wildman–Crippen MR) is 64.2 cm³/mol. The molecule has 3 N–H and O–H groups in total. The number of hydrogen-bond donors (Lipinski definition) is 2. The number of hydrogen-bond acceptors (Lipinski definition) is 6. The molecule has 0 aliphatic rings. The van der Waals surface area contributed by atoms with Crippen molar-refractivity contribution in [2.45, 2.75) is 4.90 Å². The molecule has 0 saturated heterocycles. The summed E-state index contributed by atoms with van der Waals surface area (Å²) in [4.78, 5) is -0.0713. The monoisotopic (exact) mass is 265 g/mol. The Morgan fingerprint density at radius 3 is 2.28 bits per heavy atom. The van der Waals surface area contributed by atoms with E-state index in [1.165, 1.54) is 18.2 Å². The van der Waals surface area contributed by atoms with Crippen LogP contribution in [0, 0.1) is 22.7 Å². The smallest absolute Gasteiger partial charge is 0.247 e. The fourth-order valence-electron chi connectivity index (χ4n) is 1.33. The van der Waals surface area contributed by atoms with Gasteiger partial charge in [-0.1, -0.05) is 12.1 Å². The lowest BCUT2D eigenvalue weighted by Gasteiger charge is -2.17. The molecule has 0 aliphatic carbocycles. The Morgan fingerprint density at radius 2 is 1.78 bits per heavy atom. The minimum Gasteiger partial charge on any atom is -0.323 e. The summed E-state index contributed by atoms with van der Waals surface area (Å²) in [7, 11) is -3.92. The van der Waals surface area contributed by atoms with Crippen LogP contribution in [0.5, 0.6) is 0 Å². The number of nitrogens with two attached hydrogens (primary N) is 1. The summed E-state index contributed by atoms with van der Waals surface area (Å²) in [6, 6.07) is 9.41. The van der Waals surface area contributed by atoms with Crippen LogP contribution in [0.15, 0.2) is 29.2 Å². The molecule has 1 aromatic carbocycles. The number of rotatable bonds is 5. The van der Waals surface area contributed by atoms with E-state index < -0.39 is 23.1 Å². The highest BCUT2D eigenvalue weighted by molar-refractivity contribution is 7.89. The normalized spacial score (nSPS) is 10.7. The lowest BCUT2D eigenvalue weighted by atomic mass is 10.3. The number of anilines is 1. The number of nitrogens with zero attached hydrogens (tertiary/aromatic N) is 3. The largest absolute Gasteiger partial charge is 0.323 e. The molecule has 0 atom stereocenters. The number of nitrogen functional groups attached to an aromatic ring is 1. The number of sulfonamides is 1. The minimum atomic E-state index is -3.92. The van der Waals surface area contributed by atoms with Gasteiger partial charge < -0.3 is 5.43 Å². The van der Waals surface area contributed by atoms with Crippen molar-refractivity contribution in [1.82, 2.24) is 4.31 Å². The first-order valence-corrected chi connectivity index (χ1v) is 6.31. The van der Waals surface area contributed by atoms with E-state index in [1.807, 2.05) is 0 Å². The molecule has 18 heavy (non-hydrogen) atoms. The molecular formula is C10H11N5O2S. The summed E-state index contributed by atoms with van der Waals surface area (Å²) < 4.78 is 25.2. The third kappa shape index (κ3) is 2.76. The molecular weight excluding hydrogens is 254 g/mol. The van der Waals surface area contributed by atoms with Gasteiger partial charge in [-0.25, -0.2) is 8.42 Å². The molecule has 94 valence electrons. The van der Waals surface area contributed by atoms with Crippen molar-refractivity contribution in [2.75, 3.05) is 18.5 Å². The second-order valence-electron chi connectivity index (χ2n) is 3.23.